The SMILES string of the molecule is CC(C)c1nc2c(c3c1C(c1cccc(C(F)(F)F)c1)OC31CCCC1C)C(O)CC(C)(C)C2. The minimum absolute atomic E-state index is 0.0732. The smallest absolute Gasteiger partial charge is 0.388 e. The van der Waals surface area contributed by atoms with Crippen molar-refractivity contribution in [1.29, 1.82) is 0 Å². The Morgan fingerprint density at radius 1 is 1.18 bits per heavy atom. The molecule has 2 aliphatic carbocycles. The number of aromatic nitrogens is 1. The van der Waals surface area contributed by atoms with E-state index in [0.29, 0.717) is 12.0 Å². The van der Waals surface area contributed by atoms with Crippen LogP contribution in [0.15, 0.2) is 24.3 Å². The van der Waals surface area contributed by atoms with E-state index in [1.165, 1.54) is 12.1 Å². The molecule has 1 N–H and O–H groups in total. The average molecular weight is 474 g/mol. The quantitative estimate of drug-likeness (QED) is 0.495. The standard InChI is InChI=1S/C28H34F3NO2/c1-15(2)24-22-23(21-19(32-24)13-26(4,5)14-20(21)33)27(11-7-8-16(27)3)34-25(22)17-9-6-10-18(12-17)28(29,30)31/h6,9-10,12,15-16,20,25,33H,7-8,11,13-14H2,1-5H3. The van der Waals surface area contributed by atoms with Crippen LogP contribution in [0.5, 0.6) is 0 Å². The number of rotatable bonds is 2. The molecule has 4 unspecified atom stereocenters. The summed E-state index contributed by atoms with van der Waals surface area (Å²) in [7, 11) is 0. The van der Waals surface area contributed by atoms with Crippen LogP contribution in [-0.4, -0.2) is 10.1 Å². The van der Waals surface area contributed by atoms with Gasteiger partial charge >= 0.3 is 6.18 Å². The van der Waals surface area contributed by atoms with Crippen LogP contribution in [0.4, 0.5) is 13.2 Å². The van der Waals surface area contributed by atoms with Crippen LogP contribution >= 0.6 is 0 Å². The molecule has 1 saturated carbocycles. The molecule has 0 radical (unpaired) electrons. The van der Waals surface area contributed by atoms with Crippen LogP contribution in [0.2, 0.25) is 0 Å². The highest BCUT2D eigenvalue weighted by atomic mass is 19.4. The lowest BCUT2D eigenvalue weighted by molar-refractivity contribution is -0.137. The number of hydrogen-bond acceptors (Lipinski definition) is 3. The number of nitrogens with zero attached hydrogens (tertiary/aromatic N) is 1. The Bertz CT molecular complexity index is 1120. The molecule has 1 fully saturated rings. The zero-order valence-electron chi connectivity index (χ0n) is 20.6. The Balaban J connectivity index is 1.80. The number of fused-ring (bicyclic) bond motifs is 4. The molecule has 2 aromatic rings. The largest absolute Gasteiger partial charge is 0.416 e. The summed E-state index contributed by atoms with van der Waals surface area (Å²) in [5.41, 5.74) is 3.76. The average Bonchev–Trinajstić information content (AvgIpc) is 3.27. The molecule has 0 saturated heterocycles. The van der Waals surface area contributed by atoms with Gasteiger partial charge in [-0.1, -0.05) is 46.8 Å². The molecule has 1 aliphatic heterocycles. The summed E-state index contributed by atoms with van der Waals surface area (Å²) in [6, 6.07) is 5.51. The van der Waals surface area contributed by atoms with Crippen molar-refractivity contribution in [3.8, 4) is 0 Å². The number of aliphatic hydroxyl groups excluding tert-OH is 1. The molecule has 2 heterocycles. The van der Waals surface area contributed by atoms with Crippen molar-refractivity contribution in [3.63, 3.8) is 0 Å². The van der Waals surface area contributed by atoms with E-state index in [-0.39, 0.29) is 17.3 Å². The van der Waals surface area contributed by atoms with Crippen LogP contribution in [0.1, 0.15) is 118 Å². The molecule has 34 heavy (non-hydrogen) atoms. The maximum atomic E-state index is 13.6. The Morgan fingerprint density at radius 3 is 2.53 bits per heavy atom. The van der Waals surface area contributed by atoms with Crippen LogP contribution in [0.25, 0.3) is 0 Å². The molecule has 5 rings (SSSR count). The fourth-order valence-electron chi connectivity index (χ4n) is 6.63. The number of halogens is 3. The Hall–Kier alpha value is -1.92. The van der Waals surface area contributed by atoms with Gasteiger partial charge in [-0.2, -0.15) is 13.2 Å². The van der Waals surface area contributed by atoms with Gasteiger partial charge in [-0.3, -0.25) is 4.98 Å². The summed E-state index contributed by atoms with van der Waals surface area (Å²) in [6.07, 6.45) is -1.52. The van der Waals surface area contributed by atoms with Gasteiger partial charge in [-0.15, -0.1) is 0 Å². The first-order chi connectivity index (χ1) is 15.8. The van der Waals surface area contributed by atoms with Crippen molar-refractivity contribution >= 4 is 0 Å². The van der Waals surface area contributed by atoms with E-state index in [2.05, 4.69) is 34.6 Å². The van der Waals surface area contributed by atoms with E-state index in [0.717, 1.165) is 59.8 Å². The van der Waals surface area contributed by atoms with Crippen molar-refractivity contribution in [2.45, 2.75) is 96.6 Å². The third-order valence-electron chi connectivity index (χ3n) is 8.16. The van der Waals surface area contributed by atoms with Gasteiger partial charge in [0.25, 0.3) is 0 Å². The lowest BCUT2D eigenvalue weighted by atomic mass is 9.69. The molecule has 1 aromatic carbocycles. The van der Waals surface area contributed by atoms with Crippen molar-refractivity contribution in [3.05, 3.63) is 63.5 Å². The van der Waals surface area contributed by atoms with Gasteiger partial charge in [-0.25, -0.2) is 0 Å². The van der Waals surface area contributed by atoms with Gasteiger partial charge in [0.1, 0.15) is 6.10 Å². The summed E-state index contributed by atoms with van der Waals surface area (Å²) >= 11 is 0. The molecule has 3 aliphatic rings. The first-order valence-electron chi connectivity index (χ1n) is 12.4. The van der Waals surface area contributed by atoms with Crippen molar-refractivity contribution < 1.29 is 23.0 Å². The minimum Gasteiger partial charge on any atom is -0.388 e. The molecule has 184 valence electrons. The van der Waals surface area contributed by atoms with E-state index in [4.69, 9.17) is 9.72 Å². The van der Waals surface area contributed by atoms with Crippen LogP contribution in [0, 0.1) is 11.3 Å². The molecule has 0 amide bonds. The van der Waals surface area contributed by atoms with Crippen LogP contribution in [-0.2, 0) is 22.9 Å². The summed E-state index contributed by atoms with van der Waals surface area (Å²) < 4.78 is 47.6. The monoisotopic (exact) mass is 473 g/mol. The second-order valence-corrected chi connectivity index (χ2v) is 11.7. The van der Waals surface area contributed by atoms with Crippen molar-refractivity contribution in [2.75, 3.05) is 0 Å². The van der Waals surface area contributed by atoms with Gasteiger partial charge in [0.2, 0.25) is 0 Å². The first-order valence-corrected chi connectivity index (χ1v) is 12.4. The van der Waals surface area contributed by atoms with Gasteiger partial charge in [0.05, 0.1) is 17.3 Å². The number of benzene rings is 1. The molecular weight excluding hydrogens is 439 g/mol. The van der Waals surface area contributed by atoms with Crippen LogP contribution < -0.4 is 0 Å². The van der Waals surface area contributed by atoms with Gasteiger partial charge < -0.3 is 9.84 Å². The topological polar surface area (TPSA) is 42.4 Å². The summed E-state index contributed by atoms with van der Waals surface area (Å²) in [5, 5.41) is 11.4. The fraction of sp³-hybridized carbons (Fsp3) is 0.607. The van der Waals surface area contributed by atoms with E-state index in [9.17, 15) is 18.3 Å². The number of aliphatic hydroxyl groups is 1. The zero-order chi connectivity index (χ0) is 24.6. The number of alkyl halides is 3. The van der Waals surface area contributed by atoms with Gasteiger partial charge in [-0.05, 0) is 72.6 Å². The highest BCUT2D eigenvalue weighted by Crippen LogP contribution is 2.61. The van der Waals surface area contributed by atoms with Gasteiger partial charge in [0.15, 0.2) is 0 Å². The normalized spacial score (nSPS) is 30.1. The van der Waals surface area contributed by atoms with E-state index < -0.39 is 29.5 Å². The summed E-state index contributed by atoms with van der Waals surface area (Å²) in [5.74, 6) is 0.278. The number of hydrogen-bond donors (Lipinski definition) is 1. The Kier molecular flexibility index (Phi) is 5.45. The van der Waals surface area contributed by atoms with E-state index >= 15 is 0 Å². The van der Waals surface area contributed by atoms with E-state index in [1.54, 1.807) is 6.07 Å². The number of pyridine rings is 1. The minimum atomic E-state index is -4.42. The molecule has 6 heteroatoms. The number of ether oxygens (including phenoxy) is 1. The lowest BCUT2D eigenvalue weighted by Gasteiger charge is -2.39. The molecule has 0 bridgehead atoms. The summed E-state index contributed by atoms with van der Waals surface area (Å²) in [4.78, 5) is 5.09. The van der Waals surface area contributed by atoms with E-state index in [1.807, 2.05) is 0 Å². The van der Waals surface area contributed by atoms with Crippen molar-refractivity contribution in [1.82, 2.24) is 4.98 Å². The third kappa shape index (κ3) is 3.60. The summed E-state index contributed by atoms with van der Waals surface area (Å²) in [6.45, 7) is 10.6. The highest BCUT2D eigenvalue weighted by Gasteiger charge is 2.55. The van der Waals surface area contributed by atoms with Gasteiger partial charge in [0, 0.05) is 22.5 Å². The van der Waals surface area contributed by atoms with Crippen LogP contribution in [0.3, 0.4) is 0 Å². The predicted octanol–water partition coefficient (Wildman–Crippen LogP) is 7.36. The molecule has 1 spiro atoms. The third-order valence-corrected chi connectivity index (χ3v) is 8.16. The fourth-order valence-corrected chi connectivity index (χ4v) is 6.63. The molecule has 3 nitrogen and oxygen atoms in total. The zero-order valence-corrected chi connectivity index (χ0v) is 20.6. The lowest BCUT2D eigenvalue weighted by Crippen LogP contribution is -2.34. The highest BCUT2D eigenvalue weighted by molar-refractivity contribution is 5.55. The second-order valence-electron chi connectivity index (χ2n) is 11.7. The Labute approximate surface area is 199 Å². The molecule has 4 atom stereocenters. The second kappa shape index (κ2) is 7.79. The van der Waals surface area contributed by atoms with Crippen molar-refractivity contribution in [2.24, 2.45) is 11.3 Å². The Morgan fingerprint density at radius 2 is 1.91 bits per heavy atom. The maximum Gasteiger partial charge on any atom is 0.416 e. The predicted molar refractivity (Wildman–Crippen MR) is 124 cm³/mol. The maximum absolute atomic E-state index is 13.6. The molecular formula is C28H34F3NO2. The first kappa shape index (κ1) is 23.8. The molecule has 1 aromatic heterocycles.